The van der Waals surface area contributed by atoms with E-state index >= 15 is 0 Å². The Labute approximate surface area is 126 Å². The van der Waals surface area contributed by atoms with Gasteiger partial charge in [-0.2, -0.15) is 0 Å². The molecule has 0 radical (unpaired) electrons. The minimum absolute atomic E-state index is 0.646. The highest BCUT2D eigenvalue weighted by Crippen LogP contribution is 2.32. The molecule has 1 aromatic carbocycles. The molecule has 0 spiro atoms. The molecule has 1 aliphatic carbocycles. The van der Waals surface area contributed by atoms with E-state index in [4.69, 9.17) is 0 Å². The third kappa shape index (κ3) is 3.60. The van der Waals surface area contributed by atoms with Gasteiger partial charge in [0.1, 0.15) is 0 Å². The summed E-state index contributed by atoms with van der Waals surface area (Å²) in [6, 6.07) is 7.16. The van der Waals surface area contributed by atoms with Gasteiger partial charge in [0.15, 0.2) is 0 Å². The maximum atomic E-state index is 3.67. The van der Waals surface area contributed by atoms with Crippen LogP contribution in [0.3, 0.4) is 0 Å². The summed E-state index contributed by atoms with van der Waals surface area (Å²) in [5, 5.41) is 3.67. The summed E-state index contributed by atoms with van der Waals surface area (Å²) in [6.45, 7) is 4.75. The summed E-state index contributed by atoms with van der Waals surface area (Å²) in [6.07, 6.45) is 3.95. The van der Waals surface area contributed by atoms with E-state index < -0.39 is 0 Å². The van der Waals surface area contributed by atoms with Crippen molar-refractivity contribution in [2.75, 3.05) is 5.32 Å². The van der Waals surface area contributed by atoms with E-state index in [0.29, 0.717) is 6.04 Å². The van der Waals surface area contributed by atoms with Crippen LogP contribution in [-0.4, -0.2) is 6.04 Å². The van der Waals surface area contributed by atoms with Crippen molar-refractivity contribution < 1.29 is 0 Å². The van der Waals surface area contributed by atoms with Crippen molar-refractivity contribution in [2.24, 2.45) is 11.8 Å². The Morgan fingerprint density at radius 3 is 2.65 bits per heavy atom. The summed E-state index contributed by atoms with van der Waals surface area (Å²) >= 11 is 5.93. The summed E-state index contributed by atoms with van der Waals surface area (Å²) in [7, 11) is 0. The zero-order valence-electron chi connectivity index (χ0n) is 10.3. The zero-order chi connectivity index (χ0) is 12.4. The average molecular weight is 408 g/mol. The van der Waals surface area contributed by atoms with Gasteiger partial charge in [0.05, 0.1) is 0 Å². The number of nitrogens with one attached hydrogen (secondary N) is 1. The molecule has 3 unspecified atom stereocenters. The van der Waals surface area contributed by atoms with Crippen molar-refractivity contribution in [3.05, 3.63) is 26.2 Å². The molecule has 1 saturated carbocycles. The smallest absolute Gasteiger partial charge is 0.0354 e. The van der Waals surface area contributed by atoms with Gasteiger partial charge in [0.25, 0.3) is 0 Å². The molecule has 1 fully saturated rings. The van der Waals surface area contributed by atoms with Gasteiger partial charge in [0, 0.05) is 19.8 Å². The van der Waals surface area contributed by atoms with Gasteiger partial charge in [-0.25, -0.2) is 0 Å². The summed E-state index contributed by atoms with van der Waals surface area (Å²) in [5.74, 6) is 1.73. The van der Waals surface area contributed by atoms with Crippen LogP contribution < -0.4 is 5.32 Å². The lowest BCUT2D eigenvalue weighted by Gasteiger charge is -2.33. The second-order valence-corrected chi connectivity index (χ2v) is 7.25. The van der Waals surface area contributed by atoms with Crippen molar-refractivity contribution in [1.82, 2.24) is 0 Å². The van der Waals surface area contributed by atoms with Gasteiger partial charge < -0.3 is 5.32 Å². The Morgan fingerprint density at radius 1 is 1.24 bits per heavy atom. The van der Waals surface area contributed by atoms with E-state index in [1.807, 2.05) is 0 Å². The van der Waals surface area contributed by atoms with Crippen molar-refractivity contribution in [1.29, 1.82) is 0 Å². The van der Waals surface area contributed by atoms with Gasteiger partial charge >= 0.3 is 0 Å². The first-order valence-electron chi connectivity index (χ1n) is 6.28. The standard InChI is InChI=1S/C14H19BrIN/c1-9-3-4-11(7-10(9)2)17-12-5-6-14(16)13(15)8-12/h5-6,8-11,17H,3-4,7H2,1-2H3. The fourth-order valence-electron chi connectivity index (χ4n) is 2.50. The van der Waals surface area contributed by atoms with E-state index in [2.05, 4.69) is 75.9 Å². The average Bonchev–Trinajstić information content (AvgIpc) is 2.29. The molecule has 1 aromatic rings. The fourth-order valence-corrected chi connectivity index (χ4v) is 3.21. The molecule has 1 N–H and O–H groups in total. The molecular formula is C14H19BrIN. The van der Waals surface area contributed by atoms with Crippen molar-refractivity contribution in [3.63, 3.8) is 0 Å². The minimum atomic E-state index is 0.646. The molecule has 0 amide bonds. The Kier molecular flexibility index (Phi) is 4.75. The summed E-state index contributed by atoms with van der Waals surface area (Å²) in [5.41, 5.74) is 1.24. The predicted octanol–water partition coefficient (Wildman–Crippen LogP) is 5.29. The molecule has 0 saturated heterocycles. The number of benzene rings is 1. The molecule has 3 heteroatoms. The third-order valence-electron chi connectivity index (χ3n) is 3.89. The van der Waals surface area contributed by atoms with Crippen LogP contribution >= 0.6 is 38.5 Å². The van der Waals surface area contributed by atoms with E-state index in [1.54, 1.807) is 0 Å². The van der Waals surface area contributed by atoms with Crippen LogP contribution in [0.5, 0.6) is 0 Å². The van der Waals surface area contributed by atoms with Crippen LogP contribution in [0.25, 0.3) is 0 Å². The maximum absolute atomic E-state index is 3.67. The van der Waals surface area contributed by atoms with Gasteiger partial charge in [0.2, 0.25) is 0 Å². The second kappa shape index (κ2) is 5.91. The number of hydrogen-bond acceptors (Lipinski definition) is 1. The lowest BCUT2D eigenvalue weighted by atomic mass is 9.79. The van der Waals surface area contributed by atoms with Gasteiger partial charge in [-0.05, 0) is 87.8 Å². The van der Waals surface area contributed by atoms with E-state index in [9.17, 15) is 0 Å². The molecule has 94 valence electrons. The number of hydrogen-bond donors (Lipinski definition) is 1. The number of anilines is 1. The fraction of sp³-hybridized carbons (Fsp3) is 0.571. The minimum Gasteiger partial charge on any atom is -0.382 e. The van der Waals surface area contributed by atoms with Crippen LogP contribution in [-0.2, 0) is 0 Å². The molecule has 1 aliphatic rings. The first-order valence-corrected chi connectivity index (χ1v) is 8.15. The Balaban J connectivity index is 1.99. The molecule has 3 atom stereocenters. The lowest BCUT2D eigenvalue weighted by molar-refractivity contribution is 0.261. The lowest BCUT2D eigenvalue weighted by Crippen LogP contribution is -2.30. The van der Waals surface area contributed by atoms with Crippen LogP contribution in [0, 0.1) is 15.4 Å². The first kappa shape index (κ1) is 13.7. The highest BCUT2D eigenvalue weighted by molar-refractivity contribution is 14.1. The van der Waals surface area contributed by atoms with Crippen LogP contribution in [0.1, 0.15) is 33.1 Å². The van der Waals surface area contributed by atoms with E-state index in [1.165, 1.54) is 33.0 Å². The molecule has 0 aliphatic heterocycles. The molecule has 0 heterocycles. The van der Waals surface area contributed by atoms with Gasteiger partial charge in [-0.15, -0.1) is 0 Å². The quantitative estimate of drug-likeness (QED) is 0.656. The predicted molar refractivity (Wildman–Crippen MR) is 86.4 cm³/mol. The highest BCUT2D eigenvalue weighted by atomic mass is 127. The molecular weight excluding hydrogens is 389 g/mol. The zero-order valence-corrected chi connectivity index (χ0v) is 14.1. The molecule has 2 rings (SSSR count). The second-order valence-electron chi connectivity index (χ2n) is 5.24. The first-order chi connectivity index (χ1) is 8.06. The summed E-state index contributed by atoms with van der Waals surface area (Å²) in [4.78, 5) is 0. The van der Waals surface area contributed by atoms with Crippen LogP contribution in [0.4, 0.5) is 5.69 Å². The van der Waals surface area contributed by atoms with Crippen LogP contribution in [0.2, 0.25) is 0 Å². The van der Waals surface area contributed by atoms with E-state index in [-0.39, 0.29) is 0 Å². The summed E-state index contributed by atoms with van der Waals surface area (Å²) < 4.78 is 2.44. The Hall–Kier alpha value is 0.230. The largest absolute Gasteiger partial charge is 0.382 e. The molecule has 17 heavy (non-hydrogen) atoms. The van der Waals surface area contributed by atoms with E-state index in [0.717, 1.165) is 11.8 Å². The SMILES string of the molecule is CC1CCC(Nc2ccc(I)c(Br)c2)CC1C. The van der Waals surface area contributed by atoms with Gasteiger partial charge in [-0.1, -0.05) is 13.8 Å². The Morgan fingerprint density at radius 2 is 2.00 bits per heavy atom. The highest BCUT2D eigenvalue weighted by Gasteiger charge is 2.24. The number of rotatable bonds is 2. The van der Waals surface area contributed by atoms with Crippen molar-refractivity contribution >= 4 is 44.2 Å². The number of halogens is 2. The van der Waals surface area contributed by atoms with Crippen molar-refractivity contribution in [2.45, 2.75) is 39.2 Å². The maximum Gasteiger partial charge on any atom is 0.0354 e. The third-order valence-corrected chi connectivity index (χ3v) is 6.23. The van der Waals surface area contributed by atoms with Gasteiger partial charge in [-0.3, -0.25) is 0 Å². The topological polar surface area (TPSA) is 12.0 Å². The normalized spacial score (nSPS) is 29.1. The molecule has 1 nitrogen and oxygen atoms in total. The monoisotopic (exact) mass is 407 g/mol. The Bertz CT molecular complexity index is 394. The van der Waals surface area contributed by atoms with Crippen molar-refractivity contribution in [3.8, 4) is 0 Å². The molecule has 0 aromatic heterocycles. The van der Waals surface area contributed by atoms with Crippen LogP contribution in [0.15, 0.2) is 22.7 Å². The molecule has 0 bridgehead atoms.